The third-order valence-corrected chi connectivity index (χ3v) is 4.83. The SMILES string of the molecule is Cc1ccc(NC(=O)C(C)Nc2ccc(N3CCCC3=O)c(Cl)c2)cc1F. The normalized spacial score (nSPS) is 15.0. The van der Waals surface area contributed by atoms with Crippen LogP contribution in [0.25, 0.3) is 0 Å². The summed E-state index contributed by atoms with van der Waals surface area (Å²) in [7, 11) is 0. The summed E-state index contributed by atoms with van der Waals surface area (Å²) in [6.07, 6.45) is 1.36. The maximum Gasteiger partial charge on any atom is 0.246 e. The molecule has 0 saturated carbocycles. The molecule has 2 amide bonds. The van der Waals surface area contributed by atoms with Crippen molar-refractivity contribution in [3.8, 4) is 0 Å². The van der Waals surface area contributed by atoms with Gasteiger partial charge in [0.1, 0.15) is 11.9 Å². The fourth-order valence-corrected chi connectivity index (χ4v) is 3.24. The molecule has 2 aromatic rings. The Balaban J connectivity index is 1.65. The van der Waals surface area contributed by atoms with Crippen LogP contribution in [0.15, 0.2) is 36.4 Å². The van der Waals surface area contributed by atoms with Crippen molar-refractivity contribution in [3.05, 3.63) is 52.8 Å². The fraction of sp³-hybridized carbons (Fsp3) is 0.300. The molecule has 5 nitrogen and oxygen atoms in total. The molecule has 1 unspecified atom stereocenters. The van der Waals surface area contributed by atoms with E-state index in [9.17, 15) is 14.0 Å². The Morgan fingerprint density at radius 2 is 1.96 bits per heavy atom. The van der Waals surface area contributed by atoms with E-state index >= 15 is 0 Å². The molecule has 1 aliphatic heterocycles. The standard InChI is InChI=1S/C20H21ClFN3O2/c1-12-5-6-15(11-17(12)22)24-20(27)13(2)23-14-7-8-18(16(21)10-14)25-9-3-4-19(25)26/h5-8,10-11,13,23H,3-4,9H2,1-2H3,(H,24,27). The maximum atomic E-state index is 13.6. The van der Waals surface area contributed by atoms with Gasteiger partial charge in [-0.1, -0.05) is 17.7 Å². The van der Waals surface area contributed by atoms with Crippen molar-refractivity contribution in [2.24, 2.45) is 0 Å². The van der Waals surface area contributed by atoms with Crippen molar-refractivity contribution in [3.63, 3.8) is 0 Å². The van der Waals surface area contributed by atoms with E-state index in [2.05, 4.69) is 10.6 Å². The molecule has 2 N–H and O–H groups in total. The summed E-state index contributed by atoms with van der Waals surface area (Å²) in [5, 5.41) is 6.19. The maximum absolute atomic E-state index is 13.6. The molecule has 1 heterocycles. The number of rotatable bonds is 5. The summed E-state index contributed by atoms with van der Waals surface area (Å²) in [5.41, 5.74) is 2.26. The molecule has 0 bridgehead atoms. The van der Waals surface area contributed by atoms with Crippen LogP contribution in [0.5, 0.6) is 0 Å². The zero-order valence-electron chi connectivity index (χ0n) is 15.2. The molecule has 0 radical (unpaired) electrons. The number of carbonyl (C=O) groups excluding carboxylic acids is 2. The lowest BCUT2D eigenvalue weighted by molar-refractivity contribution is -0.117. The number of benzene rings is 2. The van der Waals surface area contributed by atoms with Gasteiger partial charge >= 0.3 is 0 Å². The summed E-state index contributed by atoms with van der Waals surface area (Å²) >= 11 is 6.32. The second kappa shape index (κ2) is 7.96. The zero-order valence-corrected chi connectivity index (χ0v) is 15.9. The minimum Gasteiger partial charge on any atom is -0.374 e. The van der Waals surface area contributed by atoms with Crippen molar-refractivity contribution < 1.29 is 14.0 Å². The number of carbonyl (C=O) groups is 2. The van der Waals surface area contributed by atoms with Gasteiger partial charge in [0, 0.05) is 24.3 Å². The summed E-state index contributed by atoms with van der Waals surface area (Å²) < 4.78 is 13.6. The first kappa shape index (κ1) is 19.2. The smallest absolute Gasteiger partial charge is 0.246 e. The Labute approximate surface area is 162 Å². The van der Waals surface area contributed by atoms with E-state index in [0.29, 0.717) is 40.6 Å². The third-order valence-electron chi connectivity index (χ3n) is 4.53. The lowest BCUT2D eigenvalue weighted by Crippen LogP contribution is -2.32. The molecule has 27 heavy (non-hydrogen) atoms. The Bertz CT molecular complexity index is 888. The van der Waals surface area contributed by atoms with E-state index in [0.717, 1.165) is 6.42 Å². The number of hydrogen-bond donors (Lipinski definition) is 2. The number of halogens is 2. The summed E-state index contributed by atoms with van der Waals surface area (Å²) in [4.78, 5) is 25.9. The Hall–Kier alpha value is -2.60. The van der Waals surface area contributed by atoms with Crippen molar-refractivity contribution in [1.29, 1.82) is 0 Å². The highest BCUT2D eigenvalue weighted by Crippen LogP contribution is 2.31. The highest BCUT2D eigenvalue weighted by Gasteiger charge is 2.24. The van der Waals surface area contributed by atoms with Gasteiger partial charge in [-0.2, -0.15) is 0 Å². The number of aryl methyl sites for hydroxylation is 1. The van der Waals surface area contributed by atoms with Crippen LogP contribution in [0.4, 0.5) is 21.5 Å². The van der Waals surface area contributed by atoms with Crippen LogP contribution >= 0.6 is 11.6 Å². The lowest BCUT2D eigenvalue weighted by atomic mass is 10.2. The Kier molecular flexibility index (Phi) is 5.65. The minimum absolute atomic E-state index is 0.0654. The predicted octanol–water partition coefficient (Wildman–Crippen LogP) is 4.35. The average molecular weight is 390 g/mol. The molecular formula is C20H21ClFN3O2. The van der Waals surface area contributed by atoms with Crippen LogP contribution in [0.1, 0.15) is 25.3 Å². The molecule has 0 aliphatic carbocycles. The highest BCUT2D eigenvalue weighted by atomic mass is 35.5. The molecule has 0 aromatic heterocycles. The molecule has 1 fully saturated rings. The lowest BCUT2D eigenvalue weighted by Gasteiger charge is -2.20. The van der Waals surface area contributed by atoms with Crippen LogP contribution in [-0.4, -0.2) is 24.4 Å². The largest absolute Gasteiger partial charge is 0.374 e. The number of hydrogen-bond acceptors (Lipinski definition) is 3. The van der Waals surface area contributed by atoms with Crippen LogP contribution in [0.3, 0.4) is 0 Å². The second-order valence-corrected chi connectivity index (χ2v) is 7.04. The molecule has 142 valence electrons. The van der Waals surface area contributed by atoms with Crippen molar-refractivity contribution in [1.82, 2.24) is 0 Å². The predicted molar refractivity (Wildman–Crippen MR) is 106 cm³/mol. The Morgan fingerprint density at radius 3 is 2.59 bits per heavy atom. The van der Waals surface area contributed by atoms with Gasteiger partial charge in [-0.3, -0.25) is 9.59 Å². The van der Waals surface area contributed by atoms with Crippen LogP contribution in [-0.2, 0) is 9.59 Å². The van der Waals surface area contributed by atoms with E-state index in [1.54, 1.807) is 49.1 Å². The van der Waals surface area contributed by atoms with E-state index in [1.165, 1.54) is 6.07 Å². The summed E-state index contributed by atoms with van der Waals surface area (Å²) in [5.74, 6) is -0.601. The van der Waals surface area contributed by atoms with Crippen LogP contribution in [0.2, 0.25) is 5.02 Å². The molecule has 7 heteroatoms. The Morgan fingerprint density at radius 1 is 1.22 bits per heavy atom. The molecule has 1 saturated heterocycles. The number of amides is 2. The average Bonchev–Trinajstić information content (AvgIpc) is 3.04. The number of anilines is 3. The van der Waals surface area contributed by atoms with Gasteiger partial charge in [0.05, 0.1) is 10.7 Å². The summed E-state index contributed by atoms with van der Waals surface area (Å²) in [6, 6.07) is 9.24. The van der Waals surface area contributed by atoms with Gasteiger partial charge in [0.15, 0.2) is 0 Å². The molecule has 1 aliphatic rings. The van der Waals surface area contributed by atoms with Crippen LogP contribution in [0, 0.1) is 12.7 Å². The van der Waals surface area contributed by atoms with E-state index in [4.69, 9.17) is 11.6 Å². The van der Waals surface area contributed by atoms with Crippen molar-refractivity contribution in [2.45, 2.75) is 32.7 Å². The first-order chi connectivity index (χ1) is 12.8. The van der Waals surface area contributed by atoms with Crippen molar-refractivity contribution in [2.75, 3.05) is 22.1 Å². The van der Waals surface area contributed by atoms with E-state index in [-0.39, 0.29) is 17.6 Å². The minimum atomic E-state index is -0.565. The molecule has 0 spiro atoms. The highest BCUT2D eigenvalue weighted by molar-refractivity contribution is 6.34. The quantitative estimate of drug-likeness (QED) is 0.799. The van der Waals surface area contributed by atoms with Crippen LogP contribution < -0.4 is 15.5 Å². The second-order valence-electron chi connectivity index (χ2n) is 6.63. The first-order valence-electron chi connectivity index (χ1n) is 8.78. The topological polar surface area (TPSA) is 61.4 Å². The number of nitrogens with zero attached hydrogens (tertiary/aromatic N) is 1. The summed E-state index contributed by atoms with van der Waals surface area (Å²) in [6.45, 7) is 4.02. The van der Waals surface area contributed by atoms with Gasteiger partial charge in [0.2, 0.25) is 11.8 Å². The zero-order chi connectivity index (χ0) is 19.6. The molecule has 2 aromatic carbocycles. The molecular weight excluding hydrogens is 369 g/mol. The van der Waals surface area contributed by atoms with Gasteiger partial charge < -0.3 is 15.5 Å². The molecule has 1 atom stereocenters. The van der Waals surface area contributed by atoms with Crippen molar-refractivity contribution >= 4 is 40.5 Å². The first-order valence-corrected chi connectivity index (χ1v) is 9.16. The van der Waals surface area contributed by atoms with Gasteiger partial charge in [-0.15, -0.1) is 0 Å². The van der Waals surface area contributed by atoms with E-state index < -0.39 is 6.04 Å². The number of nitrogens with one attached hydrogen (secondary N) is 2. The molecule has 3 rings (SSSR count). The van der Waals surface area contributed by atoms with Gasteiger partial charge in [0.25, 0.3) is 0 Å². The fourth-order valence-electron chi connectivity index (χ4n) is 2.96. The monoisotopic (exact) mass is 389 g/mol. The van der Waals surface area contributed by atoms with Gasteiger partial charge in [-0.25, -0.2) is 4.39 Å². The van der Waals surface area contributed by atoms with E-state index in [1.807, 2.05) is 0 Å². The third kappa shape index (κ3) is 4.39. The van der Waals surface area contributed by atoms with Gasteiger partial charge in [-0.05, 0) is 56.2 Å².